The number of H-pyrrole nitrogens is 1. The Labute approximate surface area is 179 Å². The Morgan fingerprint density at radius 1 is 1.37 bits per heavy atom. The minimum atomic E-state index is -0.269. The Hall–Kier alpha value is -2.84. The predicted molar refractivity (Wildman–Crippen MR) is 112 cm³/mol. The van der Waals surface area contributed by atoms with E-state index in [0.29, 0.717) is 43.4 Å². The van der Waals surface area contributed by atoms with Crippen LogP contribution in [0.2, 0.25) is 5.02 Å². The zero-order chi connectivity index (χ0) is 20.9. The van der Waals surface area contributed by atoms with Crippen LogP contribution in [-0.4, -0.2) is 57.1 Å². The van der Waals surface area contributed by atoms with Gasteiger partial charge in [-0.25, -0.2) is 0 Å². The van der Waals surface area contributed by atoms with Gasteiger partial charge in [0.25, 0.3) is 5.91 Å². The Kier molecular flexibility index (Phi) is 6.35. The van der Waals surface area contributed by atoms with Crippen molar-refractivity contribution in [2.75, 3.05) is 26.3 Å². The van der Waals surface area contributed by atoms with Crippen LogP contribution in [0, 0.1) is 0 Å². The highest BCUT2D eigenvalue weighted by Crippen LogP contribution is 2.23. The molecule has 4 rings (SSSR count). The summed E-state index contributed by atoms with van der Waals surface area (Å²) in [6, 6.07) is 11.0. The van der Waals surface area contributed by atoms with E-state index < -0.39 is 0 Å². The maximum atomic E-state index is 12.8. The van der Waals surface area contributed by atoms with E-state index in [1.54, 1.807) is 21.7 Å². The number of morpholine rings is 1. The third-order valence-corrected chi connectivity index (χ3v) is 5.19. The Balaban J connectivity index is 1.32. The van der Waals surface area contributed by atoms with Gasteiger partial charge < -0.3 is 14.4 Å². The molecular weight excluding hydrogens is 406 g/mol. The lowest BCUT2D eigenvalue weighted by molar-refractivity contribution is -0.0249. The summed E-state index contributed by atoms with van der Waals surface area (Å²) in [5.41, 5.74) is 2.18. The van der Waals surface area contributed by atoms with Crippen molar-refractivity contribution in [3.8, 4) is 5.75 Å². The van der Waals surface area contributed by atoms with Gasteiger partial charge in [-0.2, -0.15) is 10.2 Å². The zero-order valence-electron chi connectivity index (χ0n) is 16.8. The van der Waals surface area contributed by atoms with Crippen molar-refractivity contribution in [1.82, 2.24) is 24.9 Å². The molecule has 1 N–H and O–H groups in total. The molecule has 0 bridgehead atoms. The number of aromatic nitrogens is 4. The summed E-state index contributed by atoms with van der Waals surface area (Å²) in [5, 5.41) is 12.4. The second kappa shape index (κ2) is 9.32. The minimum absolute atomic E-state index is 0.0822. The first-order valence-corrected chi connectivity index (χ1v) is 10.4. The van der Waals surface area contributed by atoms with Gasteiger partial charge in [0.2, 0.25) is 0 Å². The molecule has 158 valence electrons. The molecule has 2 aromatic heterocycles. The number of aromatic amines is 1. The second-order valence-electron chi connectivity index (χ2n) is 7.04. The molecule has 0 aliphatic carbocycles. The van der Waals surface area contributed by atoms with Crippen LogP contribution in [0.4, 0.5) is 0 Å². The van der Waals surface area contributed by atoms with Crippen LogP contribution in [-0.2, 0) is 17.7 Å². The number of amides is 1. The van der Waals surface area contributed by atoms with Gasteiger partial charge >= 0.3 is 0 Å². The number of aryl methyl sites for hydroxylation is 1. The first-order chi connectivity index (χ1) is 14.6. The smallest absolute Gasteiger partial charge is 0.274 e. The zero-order valence-corrected chi connectivity index (χ0v) is 17.5. The van der Waals surface area contributed by atoms with Crippen molar-refractivity contribution in [3.05, 3.63) is 64.7 Å². The maximum Gasteiger partial charge on any atom is 0.274 e. The molecule has 9 heteroatoms. The van der Waals surface area contributed by atoms with Crippen LogP contribution in [0.5, 0.6) is 5.75 Å². The molecule has 0 radical (unpaired) electrons. The minimum Gasteiger partial charge on any atom is -0.493 e. The van der Waals surface area contributed by atoms with Crippen molar-refractivity contribution in [2.24, 2.45) is 0 Å². The van der Waals surface area contributed by atoms with Crippen molar-refractivity contribution < 1.29 is 14.3 Å². The number of ether oxygens (including phenoxy) is 2. The SMILES string of the molecule is CCn1ccc(C(=O)N2CCO[C@H](c3cc(CCOc4cccc(Cl)c4)[nH]n3)C2)n1. The monoisotopic (exact) mass is 429 g/mol. The number of halogens is 1. The van der Waals surface area contributed by atoms with Crippen molar-refractivity contribution >= 4 is 17.5 Å². The lowest BCUT2D eigenvalue weighted by Gasteiger charge is -2.31. The summed E-state index contributed by atoms with van der Waals surface area (Å²) < 4.78 is 13.3. The lowest BCUT2D eigenvalue weighted by atomic mass is 10.1. The molecule has 0 saturated carbocycles. The first kappa shape index (κ1) is 20.4. The van der Waals surface area contributed by atoms with Crippen molar-refractivity contribution in [2.45, 2.75) is 26.0 Å². The van der Waals surface area contributed by atoms with Gasteiger partial charge in [0.15, 0.2) is 0 Å². The first-order valence-electron chi connectivity index (χ1n) is 9.99. The van der Waals surface area contributed by atoms with Crippen LogP contribution in [0.3, 0.4) is 0 Å². The number of carbonyl (C=O) groups excluding carboxylic acids is 1. The Bertz CT molecular complexity index is 1000. The predicted octanol–water partition coefficient (Wildman–Crippen LogP) is 3.11. The molecule has 1 amide bonds. The number of rotatable bonds is 7. The molecule has 8 nitrogen and oxygen atoms in total. The number of hydrogen-bond donors (Lipinski definition) is 1. The molecule has 1 atom stereocenters. The summed E-state index contributed by atoms with van der Waals surface area (Å²) in [6.45, 7) is 4.67. The van der Waals surface area contributed by atoms with E-state index in [9.17, 15) is 4.79 Å². The fourth-order valence-electron chi connectivity index (χ4n) is 3.33. The van der Waals surface area contributed by atoms with E-state index in [2.05, 4.69) is 15.3 Å². The molecule has 1 fully saturated rings. The highest BCUT2D eigenvalue weighted by Gasteiger charge is 2.28. The average Bonchev–Trinajstić information content (AvgIpc) is 3.43. The Morgan fingerprint density at radius 2 is 2.27 bits per heavy atom. The van der Waals surface area contributed by atoms with Crippen LogP contribution in [0.1, 0.15) is 34.9 Å². The Morgan fingerprint density at radius 3 is 3.07 bits per heavy atom. The van der Waals surface area contributed by atoms with Crippen LogP contribution in [0.15, 0.2) is 42.6 Å². The standard InChI is InChI=1S/C21H24ClN5O3/c1-2-27-8-6-18(25-27)21(28)26-9-11-30-20(14-26)19-13-16(23-24-19)7-10-29-17-5-3-4-15(22)12-17/h3-6,8,12-13,20H,2,7,9-11,14H2,1H3,(H,23,24)/t20-/m0/s1. The fourth-order valence-corrected chi connectivity index (χ4v) is 3.51. The van der Waals surface area contributed by atoms with Gasteiger partial charge in [-0.3, -0.25) is 14.6 Å². The summed E-state index contributed by atoms with van der Waals surface area (Å²) in [4.78, 5) is 14.5. The number of carbonyl (C=O) groups is 1. The maximum absolute atomic E-state index is 12.8. The summed E-state index contributed by atoms with van der Waals surface area (Å²) >= 11 is 5.97. The summed E-state index contributed by atoms with van der Waals surface area (Å²) in [7, 11) is 0. The molecule has 0 spiro atoms. The van der Waals surface area contributed by atoms with Gasteiger partial charge in [-0.05, 0) is 37.3 Å². The summed E-state index contributed by atoms with van der Waals surface area (Å²) in [5.74, 6) is 0.652. The van der Waals surface area contributed by atoms with Crippen molar-refractivity contribution in [1.29, 1.82) is 0 Å². The molecule has 3 heterocycles. The van der Waals surface area contributed by atoms with Gasteiger partial charge in [0.05, 0.1) is 25.5 Å². The number of hydrogen-bond acceptors (Lipinski definition) is 5. The van der Waals surface area contributed by atoms with Gasteiger partial charge in [-0.1, -0.05) is 17.7 Å². The van der Waals surface area contributed by atoms with E-state index in [-0.39, 0.29) is 12.0 Å². The van der Waals surface area contributed by atoms with E-state index in [1.165, 1.54) is 0 Å². The second-order valence-corrected chi connectivity index (χ2v) is 7.48. The topological polar surface area (TPSA) is 85.3 Å². The highest BCUT2D eigenvalue weighted by atomic mass is 35.5. The van der Waals surface area contributed by atoms with E-state index in [4.69, 9.17) is 21.1 Å². The molecule has 0 unspecified atom stereocenters. The van der Waals surface area contributed by atoms with Gasteiger partial charge in [0, 0.05) is 36.4 Å². The molecule has 30 heavy (non-hydrogen) atoms. The highest BCUT2D eigenvalue weighted by molar-refractivity contribution is 6.30. The van der Waals surface area contributed by atoms with Gasteiger partial charge in [-0.15, -0.1) is 0 Å². The fraction of sp³-hybridized carbons (Fsp3) is 0.381. The average molecular weight is 430 g/mol. The third kappa shape index (κ3) is 4.83. The number of benzene rings is 1. The largest absolute Gasteiger partial charge is 0.493 e. The molecule has 3 aromatic rings. The quantitative estimate of drug-likeness (QED) is 0.623. The van der Waals surface area contributed by atoms with E-state index in [1.807, 2.05) is 37.4 Å². The molecule has 1 aromatic carbocycles. The number of nitrogens with zero attached hydrogens (tertiary/aromatic N) is 4. The van der Waals surface area contributed by atoms with E-state index >= 15 is 0 Å². The number of nitrogens with one attached hydrogen (secondary N) is 1. The van der Waals surface area contributed by atoms with Crippen molar-refractivity contribution in [3.63, 3.8) is 0 Å². The van der Waals surface area contributed by atoms with Gasteiger partial charge in [0.1, 0.15) is 17.5 Å². The molecular formula is C21H24ClN5O3. The summed E-state index contributed by atoms with van der Waals surface area (Å²) in [6.07, 6.45) is 2.22. The normalized spacial score (nSPS) is 16.6. The molecule has 1 aliphatic heterocycles. The molecule has 1 saturated heterocycles. The third-order valence-electron chi connectivity index (χ3n) is 4.95. The lowest BCUT2D eigenvalue weighted by Crippen LogP contribution is -2.42. The van der Waals surface area contributed by atoms with Crippen LogP contribution in [0.25, 0.3) is 0 Å². The molecule has 1 aliphatic rings. The van der Waals surface area contributed by atoms with Crippen LogP contribution < -0.4 is 4.74 Å². The van der Waals surface area contributed by atoms with E-state index in [0.717, 1.165) is 23.7 Å². The van der Waals surface area contributed by atoms with Crippen LogP contribution >= 0.6 is 11.6 Å².